The number of halogens is 1. The van der Waals surface area contributed by atoms with Gasteiger partial charge in [-0.1, -0.05) is 22.0 Å². The Balaban J connectivity index is 2.24. The highest BCUT2D eigenvalue weighted by Crippen LogP contribution is 2.31. The summed E-state index contributed by atoms with van der Waals surface area (Å²) in [4.78, 5) is 10.3. The van der Waals surface area contributed by atoms with Crippen LogP contribution in [0.2, 0.25) is 0 Å². The Morgan fingerprint density at radius 2 is 1.86 bits per heavy atom. The van der Waals surface area contributed by atoms with Crippen molar-refractivity contribution in [3.63, 3.8) is 0 Å². The summed E-state index contributed by atoms with van der Waals surface area (Å²) in [5, 5.41) is 20.3. The number of nitrogens with zero attached hydrogens (tertiary/aromatic N) is 1. The van der Waals surface area contributed by atoms with Crippen molar-refractivity contribution in [1.29, 1.82) is 0 Å². The van der Waals surface area contributed by atoms with E-state index in [1.54, 1.807) is 44.2 Å². The molecule has 0 aliphatic rings. The SMILES string of the molecule is Cc1cc(Oc2ccc(C(C)O)c(Br)c2)ccc1[N+](=O)[O-]. The van der Waals surface area contributed by atoms with Crippen LogP contribution in [0.25, 0.3) is 0 Å². The quantitative estimate of drug-likeness (QED) is 0.649. The fourth-order valence-corrected chi connectivity index (χ4v) is 2.63. The summed E-state index contributed by atoms with van der Waals surface area (Å²) < 4.78 is 6.42. The highest BCUT2D eigenvalue weighted by atomic mass is 79.9. The molecule has 2 aromatic rings. The molecule has 1 atom stereocenters. The number of benzene rings is 2. The summed E-state index contributed by atoms with van der Waals surface area (Å²) in [6, 6.07) is 9.85. The molecule has 0 fully saturated rings. The third kappa shape index (κ3) is 3.59. The zero-order chi connectivity index (χ0) is 15.6. The van der Waals surface area contributed by atoms with Gasteiger partial charge in [0.1, 0.15) is 11.5 Å². The van der Waals surface area contributed by atoms with Gasteiger partial charge in [0.25, 0.3) is 5.69 Å². The Morgan fingerprint density at radius 1 is 1.24 bits per heavy atom. The lowest BCUT2D eigenvalue weighted by atomic mass is 10.1. The third-order valence-electron chi connectivity index (χ3n) is 3.02. The van der Waals surface area contributed by atoms with Crippen molar-refractivity contribution in [3.8, 4) is 11.5 Å². The van der Waals surface area contributed by atoms with Gasteiger partial charge in [-0.25, -0.2) is 0 Å². The molecule has 0 aliphatic carbocycles. The normalized spacial score (nSPS) is 12.0. The van der Waals surface area contributed by atoms with Gasteiger partial charge in [-0.15, -0.1) is 0 Å². The average Bonchev–Trinajstić information content (AvgIpc) is 2.37. The monoisotopic (exact) mass is 351 g/mol. The standard InChI is InChI=1S/C15H14BrNO4/c1-9-7-11(4-6-15(9)17(19)20)21-12-3-5-13(10(2)18)14(16)8-12/h3-8,10,18H,1-2H3. The minimum atomic E-state index is -0.574. The first-order valence-corrected chi connectivity index (χ1v) is 7.08. The van der Waals surface area contributed by atoms with Gasteiger partial charge in [0.15, 0.2) is 0 Å². The van der Waals surface area contributed by atoms with E-state index in [1.165, 1.54) is 6.07 Å². The summed E-state index contributed by atoms with van der Waals surface area (Å²) in [5.41, 5.74) is 1.37. The maximum atomic E-state index is 10.8. The molecule has 0 heterocycles. The number of aryl methyl sites for hydroxylation is 1. The molecule has 2 aromatic carbocycles. The summed E-state index contributed by atoms with van der Waals surface area (Å²) in [7, 11) is 0. The second kappa shape index (κ2) is 6.24. The molecule has 0 radical (unpaired) electrons. The number of hydrogen-bond donors (Lipinski definition) is 1. The summed E-state index contributed by atoms with van der Waals surface area (Å²) >= 11 is 3.38. The Kier molecular flexibility index (Phi) is 4.59. The third-order valence-corrected chi connectivity index (χ3v) is 3.71. The van der Waals surface area contributed by atoms with Crippen molar-refractivity contribution in [1.82, 2.24) is 0 Å². The number of rotatable bonds is 4. The molecule has 0 aliphatic heterocycles. The minimum absolute atomic E-state index is 0.0629. The molecule has 0 spiro atoms. The lowest BCUT2D eigenvalue weighted by Gasteiger charge is -2.11. The van der Waals surface area contributed by atoms with E-state index >= 15 is 0 Å². The number of hydrogen-bond acceptors (Lipinski definition) is 4. The molecule has 0 saturated heterocycles. The molecule has 110 valence electrons. The first kappa shape index (κ1) is 15.5. The van der Waals surface area contributed by atoms with E-state index in [0.29, 0.717) is 17.1 Å². The number of nitro groups is 1. The Bertz CT molecular complexity index is 685. The second-order valence-electron chi connectivity index (χ2n) is 4.67. The summed E-state index contributed by atoms with van der Waals surface area (Å²) in [6.45, 7) is 3.35. The molecule has 0 amide bonds. The topological polar surface area (TPSA) is 72.6 Å². The van der Waals surface area contributed by atoms with Crippen LogP contribution >= 0.6 is 15.9 Å². The molecular weight excluding hydrogens is 338 g/mol. The van der Waals surface area contributed by atoms with E-state index in [4.69, 9.17) is 4.74 Å². The Morgan fingerprint density at radius 3 is 2.38 bits per heavy atom. The Labute approximate surface area is 130 Å². The van der Waals surface area contributed by atoms with Crippen LogP contribution in [0.4, 0.5) is 5.69 Å². The fraction of sp³-hybridized carbons (Fsp3) is 0.200. The van der Waals surface area contributed by atoms with Gasteiger partial charge < -0.3 is 9.84 Å². The molecule has 2 rings (SSSR count). The molecule has 5 nitrogen and oxygen atoms in total. The van der Waals surface area contributed by atoms with Crippen molar-refractivity contribution < 1.29 is 14.8 Å². The van der Waals surface area contributed by atoms with Crippen LogP contribution < -0.4 is 4.74 Å². The lowest BCUT2D eigenvalue weighted by Crippen LogP contribution is -1.94. The van der Waals surface area contributed by atoms with E-state index in [1.807, 2.05) is 0 Å². The van der Waals surface area contributed by atoms with E-state index in [2.05, 4.69) is 15.9 Å². The summed E-state index contributed by atoms with van der Waals surface area (Å²) in [5.74, 6) is 1.11. The second-order valence-corrected chi connectivity index (χ2v) is 5.52. The van der Waals surface area contributed by atoms with Crippen LogP contribution in [0.5, 0.6) is 11.5 Å². The molecule has 0 bridgehead atoms. The van der Waals surface area contributed by atoms with Crippen LogP contribution in [0, 0.1) is 17.0 Å². The molecule has 0 aromatic heterocycles. The van der Waals surface area contributed by atoms with Crippen LogP contribution in [0.3, 0.4) is 0 Å². The number of aliphatic hydroxyl groups excluding tert-OH is 1. The zero-order valence-corrected chi connectivity index (χ0v) is 13.1. The largest absolute Gasteiger partial charge is 0.457 e. The van der Waals surface area contributed by atoms with E-state index in [-0.39, 0.29) is 5.69 Å². The molecule has 1 unspecified atom stereocenters. The zero-order valence-electron chi connectivity index (χ0n) is 11.5. The number of aliphatic hydroxyl groups is 1. The molecule has 0 saturated carbocycles. The summed E-state index contributed by atoms with van der Waals surface area (Å²) in [6.07, 6.45) is -0.574. The maximum absolute atomic E-state index is 10.8. The minimum Gasteiger partial charge on any atom is -0.457 e. The van der Waals surface area contributed by atoms with Crippen LogP contribution in [0.1, 0.15) is 24.2 Å². The van der Waals surface area contributed by atoms with E-state index < -0.39 is 11.0 Å². The van der Waals surface area contributed by atoms with E-state index in [0.717, 1.165) is 10.0 Å². The van der Waals surface area contributed by atoms with Gasteiger partial charge in [-0.2, -0.15) is 0 Å². The van der Waals surface area contributed by atoms with Gasteiger partial charge in [0, 0.05) is 16.1 Å². The predicted molar refractivity (Wildman–Crippen MR) is 82.7 cm³/mol. The van der Waals surface area contributed by atoms with E-state index in [9.17, 15) is 15.2 Å². The van der Waals surface area contributed by atoms with Crippen LogP contribution in [0.15, 0.2) is 40.9 Å². The van der Waals surface area contributed by atoms with Gasteiger partial charge in [0.05, 0.1) is 11.0 Å². The molecule has 1 N–H and O–H groups in total. The van der Waals surface area contributed by atoms with Gasteiger partial charge in [-0.3, -0.25) is 10.1 Å². The van der Waals surface area contributed by atoms with Crippen molar-refractivity contribution in [2.75, 3.05) is 0 Å². The molecule has 21 heavy (non-hydrogen) atoms. The maximum Gasteiger partial charge on any atom is 0.272 e. The van der Waals surface area contributed by atoms with Crippen LogP contribution in [-0.4, -0.2) is 10.0 Å². The first-order valence-electron chi connectivity index (χ1n) is 6.29. The lowest BCUT2D eigenvalue weighted by molar-refractivity contribution is -0.385. The van der Waals surface area contributed by atoms with Crippen molar-refractivity contribution in [2.24, 2.45) is 0 Å². The Hall–Kier alpha value is -1.92. The smallest absolute Gasteiger partial charge is 0.272 e. The average molecular weight is 352 g/mol. The van der Waals surface area contributed by atoms with Crippen molar-refractivity contribution in [2.45, 2.75) is 20.0 Å². The molecular formula is C15H14BrNO4. The van der Waals surface area contributed by atoms with Gasteiger partial charge in [-0.05, 0) is 43.7 Å². The van der Waals surface area contributed by atoms with Crippen LogP contribution in [-0.2, 0) is 0 Å². The highest BCUT2D eigenvalue weighted by molar-refractivity contribution is 9.10. The number of nitro benzene ring substituents is 1. The van der Waals surface area contributed by atoms with Crippen molar-refractivity contribution in [3.05, 3.63) is 62.1 Å². The van der Waals surface area contributed by atoms with Gasteiger partial charge >= 0.3 is 0 Å². The first-order chi connectivity index (χ1) is 9.88. The van der Waals surface area contributed by atoms with Crippen molar-refractivity contribution >= 4 is 21.6 Å². The predicted octanol–water partition coefficient (Wildman–Crippen LogP) is 4.51. The highest BCUT2D eigenvalue weighted by Gasteiger charge is 2.12. The fourth-order valence-electron chi connectivity index (χ4n) is 1.94. The van der Waals surface area contributed by atoms with Gasteiger partial charge in [0.2, 0.25) is 0 Å². The molecule has 6 heteroatoms. The number of ether oxygens (including phenoxy) is 1.